The van der Waals surface area contributed by atoms with Crippen molar-refractivity contribution in [3.05, 3.63) is 0 Å². The van der Waals surface area contributed by atoms with E-state index < -0.39 is 0 Å². The fourth-order valence-corrected chi connectivity index (χ4v) is 2.99. The maximum absolute atomic E-state index is 3.44. The van der Waals surface area contributed by atoms with Gasteiger partial charge in [0.25, 0.3) is 0 Å². The largest absolute Gasteiger partial charge is 0.317 e. The average molecular weight is 210 g/mol. The van der Waals surface area contributed by atoms with Crippen LogP contribution in [0.3, 0.4) is 0 Å². The van der Waals surface area contributed by atoms with Crippen LogP contribution in [0.25, 0.3) is 0 Å². The first-order chi connectivity index (χ1) is 7.20. The van der Waals surface area contributed by atoms with Crippen LogP contribution in [0.15, 0.2) is 0 Å². The molecule has 2 heteroatoms. The summed E-state index contributed by atoms with van der Waals surface area (Å²) < 4.78 is 0. The van der Waals surface area contributed by atoms with Gasteiger partial charge < -0.3 is 10.2 Å². The van der Waals surface area contributed by atoms with Crippen molar-refractivity contribution in [1.82, 2.24) is 10.2 Å². The molecule has 1 saturated carbocycles. The summed E-state index contributed by atoms with van der Waals surface area (Å²) >= 11 is 0. The van der Waals surface area contributed by atoms with E-state index in [1.54, 1.807) is 0 Å². The minimum atomic E-state index is 0.745. The van der Waals surface area contributed by atoms with Crippen molar-refractivity contribution in [1.29, 1.82) is 0 Å². The van der Waals surface area contributed by atoms with E-state index in [2.05, 4.69) is 31.1 Å². The van der Waals surface area contributed by atoms with E-state index in [1.165, 1.54) is 38.8 Å². The smallest absolute Gasteiger partial charge is 0.0114 e. The molecule has 1 aliphatic carbocycles. The topological polar surface area (TPSA) is 15.3 Å². The highest BCUT2D eigenvalue weighted by Crippen LogP contribution is 2.35. The third kappa shape index (κ3) is 2.94. The Balaban J connectivity index is 1.78. The van der Waals surface area contributed by atoms with Crippen molar-refractivity contribution in [2.24, 2.45) is 11.8 Å². The molecule has 1 saturated heterocycles. The fourth-order valence-electron chi connectivity index (χ4n) is 2.99. The molecule has 1 aliphatic heterocycles. The van der Waals surface area contributed by atoms with E-state index >= 15 is 0 Å². The Morgan fingerprint density at radius 2 is 2.07 bits per heavy atom. The van der Waals surface area contributed by atoms with Gasteiger partial charge in [0, 0.05) is 18.6 Å². The lowest BCUT2D eigenvalue weighted by Crippen LogP contribution is -2.50. The third-order valence-electron chi connectivity index (χ3n) is 4.30. The van der Waals surface area contributed by atoms with Gasteiger partial charge in [-0.15, -0.1) is 0 Å². The SMILES string of the molecule is CNC1CCN(C(C)CC2CC2)CC1C. The fraction of sp³-hybridized carbons (Fsp3) is 1.00. The first kappa shape index (κ1) is 11.4. The molecule has 0 amide bonds. The van der Waals surface area contributed by atoms with Crippen LogP contribution in [-0.2, 0) is 0 Å². The molecule has 2 nitrogen and oxygen atoms in total. The minimum Gasteiger partial charge on any atom is -0.317 e. The molecule has 0 aromatic carbocycles. The molecule has 2 fully saturated rings. The van der Waals surface area contributed by atoms with Crippen molar-refractivity contribution >= 4 is 0 Å². The van der Waals surface area contributed by atoms with E-state index in [0.717, 1.165) is 23.9 Å². The molecule has 2 rings (SSSR count). The first-order valence-electron chi connectivity index (χ1n) is 6.62. The lowest BCUT2D eigenvalue weighted by molar-refractivity contribution is 0.107. The summed E-state index contributed by atoms with van der Waals surface area (Å²) in [7, 11) is 2.10. The number of rotatable bonds is 4. The zero-order valence-corrected chi connectivity index (χ0v) is 10.5. The molecule has 0 spiro atoms. The Labute approximate surface area is 94.4 Å². The molecule has 0 bridgehead atoms. The molecule has 0 aromatic heterocycles. The maximum atomic E-state index is 3.44. The second-order valence-corrected chi connectivity index (χ2v) is 5.68. The van der Waals surface area contributed by atoms with Gasteiger partial charge in [-0.25, -0.2) is 0 Å². The number of hydrogen-bond acceptors (Lipinski definition) is 2. The van der Waals surface area contributed by atoms with Crippen LogP contribution >= 0.6 is 0 Å². The molecular formula is C13H26N2. The Morgan fingerprint density at radius 3 is 2.60 bits per heavy atom. The van der Waals surface area contributed by atoms with Gasteiger partial charge in [-0.3, -0.25) is 0 Å². The lowest BCUT2D eigenvalue weighted by Gasteiger charge is -2.40. The first-order valence-corrected chi connectivity index (χ1v) is 6.62. The number of nitrogens with zero attached hydrogens (tertiary/aromatic N) is 1. The van der Waals surface area contributed by atoms with Crippen molar-refractivity contribution in [2.45, 2.75) is 51.6 Å². The van der Waals surface area contributed by atoms with Crippen LogP contribution in [0.1, 0.15) is 39.5 Å². The third-order valence-corrected chi connectivity index (χ3v) is 4.30. The predicted molar refractivity (Wildman–Crippen MR) is 65.0 cm³/mol. The Bertz CT molecular complexity index is 201. The highest BCUT2D eigenvalue weighted by atomic mass is 15.2. The molecule has 88 valence electrons. The van der Waals surface area contributed by atoms with Gasteiger partial charge in [-0.1, -0.05) is 19.8 Å². The van der Waals surface area contributed by atoms with E-state index in [0.29, 0.717) is 0 Å². The maximum Gasteiger partial charge on any atom is 0.0114 e. The highest BCUT2D eigenvalue weighted by molar-refractivity contribution is 4.86. The molecule has 3 atom stereocenters. The number of hydrogen-bond donors (Lipinski definition) is 1. The van der Waals surface area contributed by atoms with E-state index in [4.69, 9.17) is 0 Å². The molecule has 3 unspecified atom stereocenters. The molecule has 2 aliphatic rings. The van der Waals surface area contributed by atoms with Gasteiger partial charge in [-0.2, -0.15) is 0 Å². The Kier molecular flexibility index (Phi) is 3.68. The lowest BCUT2D eigenvalue weighted by atomic mass is 9.92. The van der Waals surface area contributed by atoms with Gasteiger partial charge >= 0.3 is 0 Å². The summed E-state index contributed by atoms with van der Waals surface area (Å²) in [5, 5.41) is 3.44. The van der Waals surface area contributed by atoms with Gasteiger partial charge in [0.05, 0.1) is 0 Å². The number of piperidine rings is 1. The number of likely N-dealkylation sites (tertiary alicyclic amines) is 1. The van der Waals surface area contributed by atoms with Crippen LogP contribution < -0.4 is 5.32 Å². The van der Waals surface area contributed by atoms with Gasteiger partial charge in [0.1, 0.15) is 0 Å². The zero-order chi connectivity index (χ0) is 10.8. The average Bonchev–Trinajstić information content (AvgIpc) is 3.01. The quantitative estimate of drug-likeness (QED) is 0.764. The summed E-state index contributed by atoms with van der Waals surface area (Å²) in [6.07, 6.45) is 5.75. The predicted octanol–water partition coefficient (Wildman–Crippen LogP) is 2.10. The molecule has 0 radical (unpaired) electrons. The van der Waals surface area contributed by atoms with Crippen LogP contribution in [0.4, 0.5) is 0 Å². The zero-order valence-electron chi connectivity index (χ0n) is 10.5. The van der Waals surface area contributed by atoms with Crippen molar-refractivity contribution < 1.29 is 0 Å². The second kappa shape index (κ2) is 4.84. The standard InChI is InChI=1S/C13H26N2/c1-10-9-15(7-6-13(10)14-3)11(2)8-12-4-5-12/h10-14H,4-9H2,1-3H3. The molecule has 1 N–H and O–H groups in total. The molecule has 15 heavy (non-hydrogen) atoms. The van der Waals surface area contributed by atoms with E-state index in [-0.39, 0.29) is 0 Å². The minimum absolute atomic E-state index is 0.745. The Morgan fingerprint density at radius 1 is 1.33 bits per heavy atom. The van der Waals surface area contributed by atoms with Crippen LogP contribution in [0.5, 0.6) is 0 Å². The highest BCUT2D eigenvalue weighted by Gasteiger charge is 2.30. The van der Waals surface area contributed by atoms with Gasteiger partial charge in [0.2, 0.25) is 0 Å². The summed E-state index contributed by atoms with van der Waals surface area (Å²) in [6, 6.07) is 1.56. The summed E-state index contributed by atoms with van der Waals surface area (Å²) in [6.45, 7) is 7.39. The molecular weight excluding hydrogens is 184 g/mol. The summed E-state index contributed by atoms with van der Waals surface area (Å²) in [5.41, 5.74) is 0. The van der Waals surface area contributed by atoms with Crippen LogP contribution in [0, 0.1) is 11.8 Å². The van der Waals surface area contributed by atoms with Crippen molar-refractivity contribution in [2.75, 3.05) is 20.1 Å². The van der Waals surface area contributed by atoms with Crippen molar-refractivity contribution in [3.8, 4) is 0 Å². The van der Waals surface area contributed by atoms with Crippen LogP contribution in [-0.4, -0.2) is 37.1 Å². The molecule has 0 aromatic rings. The van der Waals surface area contributed by atoms with Crippen LogP contribution in [0.2, 0.25) is 0 Å². The van der Waals surface area contributed by atoms with E-state index in [1.807, 2.05) is 0 Å². The van der Waals surface area contributed by atoms with Gasteiger partial charge in [0.15, 0.2) is 0 Å². The van der Waals surface area contributed by atoms with E-state index in [9.17, 15) is 0 Å². The second-order valence-electron chi connectivity index (χ2n) is 5.68. The van der Waals surface area contributed by atoms with Gasteiger partial charge in [-0.05, 0) is 45.2 Å². The molecule has 1 heterocycles. The summed E-state index contributed by atoms with van der Waals surface area (Å²) in [4.78, 5) is 2.71. The summed E-state index contributed by atoms with van der Waals surface area (Å²) in [5.74, 6) is 1.88. The van der Waals surface area contributed by atoms with Crippen molar-refractivity contribution in [3.63, 3.8) is 0 Å². The number of nitrogens with one attached hydrogen (secondary N) is 1. The Hall–Kier alpha value is -0.0800. The monoisotopic (exact) mass is 210 g/mol. The normalized spacial score (nSPS) is 35.4.